The SMILES string of the molecule is O=C(NC(CCCCNc1ncc[nH]1)(CCS(=O)(=O)c1ccccc1)C(=O)O)C1=NOCC1. The number of aromatic nitrogens is 2. The fourth-order valence-corrected chi connectivity index (χ4v) is 4.87. The number of aromatic amines is 1. The smallest absolute Gasteiger partial charge is 0.329 e. The molecule has 4 N–H and O–H groups in total. The molecule has 2 aromatic rings. The Morgan fingerprint density at radius 2 is 1.97 bits per heavy atom. The van der Waals surface area contributed by atoms with Crippen LogP contribution in [0.3, 0.4) is 0 Å². The first kappa shape index (κ1) is 24.2. The van der Waals surface area contributed by atoms with E-state index >= 15 is 0 Å². The zero-order chi connectivity index (χ0) is 23.7. The summed E-state index contributed by atoms with van der Waals surface area (Å²) in [5.74, 6) is -1.80. The van der Waals surface area contributed by atoms with Crippen molar-refractivity contribution >= 4 is 33.4 Å². The van der Waals surface area contributed by atoms with Gasteiger partial charge in [0.25, 0.3) is 5.91 Å². The number of oxime groups is 1. The van der Waals surface area contributed by atoms with Gasteiger partial charge in [0, 0.05) is 25.4 Å². The molecule has 1 atom stereocenters. The summed E-state index contributed by atoms with van der Waals surface area (Å²) in [6.45, 7) is 0.768. The van der Waals surface area contributed by atoms with E-state index in [2.05, 4.69) is 25.8 Å². The summed E-state index contributed by atoms with van der Waals surface area (Å²) in [7, 11) is -3.74. The summed E-state index contributed by atoms with van der Waals surface area (Å²) in [6.07, 6.45) is 4.32. The molecule has 1 amide bonds. The van der Waals surface area contributed by atoms with Crippen molar-refractivity contribution in [3.05, 3.63) is 42.7 Å². The van der Waals surface area contributed by atoms with E-state index in [-0.39, 0.29) is 36.5 Å². The van der Waals surface area contributed by atoms with Crippen molar-refractivity contribution in [3.63, 3.8) is 0 Å². The normalized spacial score (nSPS) is 15.2. The molecule has 1 aromatic carbocycles. The average molecular weight is 478 g/mol. The first-order chi connectivity index (χ1) is 15.8. The van der Waals surface area contributed by atoms with Gasteiger partial charge in [-0.2, -0.15) is 0 Å². The molecule has 1 unspecified atom stereocenters. The average Bonchev–Trinajstić information content (AvgIpc) is 3.52. The topological polar surface area (TPSA) is 163 Å². The lowest BCUT2D eigenvalue weighted by Crippen LogP contribution is -2.57. The van der Waals surface area contributed by atoms with Gasteiger partial charge in [0.05, 0.1) is 10.6 Å². The molecular weight excluding hydrogens is 450 g/mol. The minimum absolute atomic E-state index is 0.0480. The van der Waals surface area contributed by atoms with Crippen LogP contribution in [0.4, 0.5) is 5.95 Å². The highest BCUT2D eigenvalue weighted by Crippen LogP contribution is 2.24. The van der Waals surface area contributed by atoms with Gasteiger partial charge < -0.3 is 25.6 Å². The molecule has 33 heavy (non-hydrogen) atoms. The second-order valence-electron chi connectivity index (χ2n) is 7.67. The number of carboxylic acid groups (broad SMARTS) is 1. The Hall–Kier alpha value is -3.41. The van der Waals surface area contributed by atoms with Gasteiger partial charge in [0.1, 0.15) is 17.9 Å². The summed E-state index contributed by atoms with van der Waals surface area (Å²) in [4.78, 5) is 36.9. The molecule has 0 fully saturated rings. The van der Waals surface area contributed by atoms with Crippen LogP contribution < -0.4 is 10.6 Å². The van der Waals surface area contributed by atoms with E-state index in [1.807, 2.05) is 0 Å². The van der Waals surface area contributed by atoms with Crippen LogP contribution in [0.25, 0.3) is 0 Å². The third-order valence-corrected chi connectivity index (χ3v) is 7.08. The summed E-state index contributed by atoms with van der Waals surface area (Å²) in [6, 6.07) is 7.82. The van der Waals surface area contributed by atoms with E-state index < -0.39 is 33.0 Å². The number of carboxylic acids is 1. The first-order valence-electron chi connectivity index (χ1n) is 10.6. The van der Waals surface area contributed by atoms with Crippen LogP contribution in [0, 0.1) is 0 Å². The van der Waals surface area contributed by atoms with Gasteiger partial charge in [0.2, 0.25) is 0 Å². The highest BCUT2D eigenvalue weighted by molar-refractivity contribution is 7.91. The fourth-order valence-electron chi connectivity index (χ4n) is 3.45. The van der Waals surface area contributed by atoms with Gasteiger partial charge in [0.15, 0.2) is 15.8 Å². The molecule has 0 bridgehead atoms. The number of rotatable bonds is 13. The predicted molar refractivity (Wildman–Crippen MR) is 121 cm³/mol. The van der Waals surface area contributed by atoms with Crippen LogP contribution in [0.5, 0.6) is 0 Å². The Bertz CT molecular complexity index is 1070. The Morgan fingerprint density at radius 3 is 2.61 bits per heavy atom. The molecule has 2 heterocycles. The number of nitrogens with zero attached hydrogens (tertiary/aromatic N) is 2. The number of amides is 1. The standard InChI is InChI=1S/C21H27N5O6S/c27-18(17-8-14-32-26-17)25-21(19(28)29,9-4-5-11-22-20-23-12-13-24-20)10-15-33(30,31)16-6-2-1-3-7-16/h1-3,6-7,12-13H,4-5,8-11,14-15H2,(H,25,27)(H,28,29)(H2,22,23,24). The number of anilines is 1. The molecule has 0 spiro atoms. The minimum atomic E-state index is -3.74. The number of aliphatic carboxylic acids is 1. The van der Waals surface area contributed by atoms with Crippen LogP contribution >= 0.6 is 0 Å². The number of benzene rings is 1. The van der Waals surface area contributed by atoms with Crippen LogP contribution in [0.15, 0.2) is 52.8 Å². The molecule has 0 saturated carbocycles. The Kier molecular flexibility index (Phi) is 8.04. The Labute approximate surface area is 191 Å². The molecule has 0 radical (unpaired) electrons. The van der Waals surface area contributed by atoms with Crippen molar-refractivity contribution in [1.29, 1.82) is 0 Å². The molecule has 1 aliphatic rings. The molecule has 178 valence electrons. The van der Waals surface area contributed by atoms with Crippen molar-refractivity contribution in [2.45, 2.75) is 42.5 Å². The highest BCUT2D eigenvalue weighted by Gasteiger charge is 2.41. The zero-order valence-electron chi connectivity index (χ0n) is 18.0. The zero-order valence-corrected chi connectivity index (χ0v) is 18.8. The maximum absolute atomic E-state index is 12.8. The molecular formula is C21H27N5O6S. The van der Waals surface area contributed by atoms with Crippen LogP contribution in [-0.2, 0) is 24.3 Å². The highest BCUT2D eigenvalue weighted by atomic mass is 32.2. The third-order valence-electron chi connectivity index (χ3n) is 5.35. The summed E-state index contributed by atoms with van der Waals surface area (Å²) < 4.78 is 25.6. The minimum Gasteiger partial charge on any atom is -0.480 e. The second-order valence-corrected chi connectivity index (χ2v) is 9.78. The van der Waals surface area contributed by atoms with Gasteiger partial charge in [-0.25, -0.2) is 18.2 Å². The number of hydrogen-bond donors (Lipinski definition) is 4. The summed E-state index contributed by atoms with van der Waals surface area (Å²) in [5, 5.41) is 19.3. The van der Waals surface area contributed by atoms with E-state index in [4.69, 9.17) is 4.84 Å². The molecule has 3 rings (SSSR count). The number of nitrogens with one attached hydrogen (secondary N) is 3. The molecule has 1 aliphatic heterocycles. The summed E-state index contributed by atoms with van der Waals surface area (Å²) >= 11 is 0. The number of carbonyl (C=O) groups excluding carboxylic acids is 1. The number of carbonyl (C=O) groups is 2. The van der Waals surface area contributed by atoms with Crippen molar-refractivity contribution in [2.75, 3.05) is 24.2 Å². The van der Waals surface area contributed by atoms with Crippen molar-refractivity contribution in [3.8, 4) is 0 Å². The van der Waals surface area contributed by atoms with Crippen LogP contribution in [-0.4, -0.2) is 65.5 Å². The molecule has 11 nitrogen and oxygen atoms in total. The van der Waals surface area contributed by atoms with E-state index in [0.29, 0.717) is 25.3 Å². The first-order valence-corrected chi connectivity index (χ1v) is 12.2. The van der Waals surface area contributed by atoms with Gasteiger partial charge >= 0.3 is 5.97 Å². The summed E-state index contributed by atoms with van der Waals surface area (Å²) in [5.41, 5.74) is -1.68. The maximum Gasteiger partial charge on any atom is 0.329 e. The largest absolute Gasteiger partial charge is 0.480 e. The Morgan fingerprint density at radius 1 is 1.18 bits per heavy atom. The monoisotopic (exact) mass is 477 g/mol. The van der Waals surface area contributed by atoms with E-state index in [1.165, 1.54) is 12.1 Å². The van der Waals surface area contributed by atoms with Crippen molar-refractivity contribution in [1.82, 2.24) is 15.3 Å². The number of sulfone groups is 1. The number of unbranched alkanes of at least 4 members (excludes halogenated alkanes) is 1. The van der Waals surface area contributed by atoms with E-state index in [0.717, 1.165) is 0 Å². The predicted octanol–water partition coefficient (Wildman–Crippen LogP) is 1.57. The van der Waals surface area contributed by atoms with Gasteiger partial charge in [-0.15, -0.1) is 0 Å². The number of imidazole rings is 1. The fraction of sp³-hybridized carbons (Fsp3) is 0.429. The van der Waals surface area contributed by atoms with Crippen molar-refractivity contribution < 1.29 is 28.0 Å². The van der Waals surface area contributed by atoms with Gasteiger partial charge in [-0.05, 0) is 37.8 Å². The maximum atomic E-state index is 12.8. The molecule has 0 saturated heterocycles. The van der Waals surface area contributed by atoms with Crippen molar-refractivity contribution in [2.24, 2.45) is 5.16 Å². The number of hydrogen-bond acceptors (Lipinski definition) is 8. The van der Waals surface area contributed by atoms with E-state index in [9.17, 15) is 23.1 Å². The van der Waals surface area contributed by atoms with Gasteiger partial charge in [-0.3, -0.25) is 4.79 Å². The number of H-pyrrole nitrogens is 1. The third kappa shape index (κ3) is 6.54. The lowest BCUT2D eigenvalue weighted by molar-refractivity contribution is -0.147. The molecule has 12 heteroatoms. The van der Waals surface area contributed by atoms with Crippen LogP contribution in [0.2, 0.25) is 0 Å². The molecule has 1 aromatic heterocycles. The lowest BCUT2D eigenvalue weighted by atomic mass is 9.89. The lowest BCUT2D eigenvalue weighted by Gasteiger charge is -2.30. The Balaban J connectivity index is 1.70. The van der Waals surface area contributed by atoms with Gasteiger partial charge in [-0.1, -0.05) is 23.4 Å². The quantitative estimate of drug-likeness (QED) is 0.316. The molecule has 0 aliphatic carbocycles. The van der Waals surface area contributed by atoms with Crippen LogP contribution in [0.1, 0.15) is 32.1 Å². The van der Waals surface area contributed by atoms with E-state index in [1.54, 1.807) is 30.6 Å². The second kappa shape index (κ2) is 10.9.